The number of carboxylic acids is 1. The third-order valence-electron chi connectivity index (χ3n) is 4.50. The van der Waals surface area contributed by atoms with Gasteiger partial charge in [-0.15, -0.1) is 0 Å². The molecule has 1 saturated heterocycles. The highest BCUT2D eigenvalue weighted by atomic mass is 16.4. The Balaban J connectivity index is 1.72. The fourth-order valence-corrected chi connectivity index (χ4v) is 3.21. The minimum absolute atomic E-state index is 0.103. The fourth-order valence-electron chi connectivity index (χ4n) is 3.21. The summed E-state index contributed by atoms with van der Waals surface area (Å²) >= 11 is 0. The van der Waals surface area contributed by atoms with Gasteiger partial charge >= 0.3 is 5.97 Å². The maximum absolute atomic E-state index is 10.8. The minimum atomic E-state index is -0.639. The molecule has 0 spiro atoms. The van der Waals surface area contributed by atoms with E-state index in [1.54, 1.807) is 0 Å². The van der Waals surface area contributed by atoms with E-state index >= 15 is 0 Å². The molecule has 0 atom stereocenters. The first kappa shape index (κ1) is 13.8. The van der Waals surface area contributed by atoms with Crippen molar-refractivity contribution < 1.29 is 9.90 Å². The zero-order chi connectivity index (χ0) is 13.2. The molecular weight excluding hydrogens is 228 g/mol. The first-order valence-electron chi connectivity index (χ1n) is 7.08. The summed E-state index contributed by atoms with van der Waals surface area (Å²) < 4.78 is 0. The number of likely N-dealkylation sites (tertiary alicyclic amines) is 1. The Labute approximate surface area is 110 Å². The van der Waals surface area contributed by atoms with Gasteiger partial charge < -0.3 is 14.9 Å². The van der Waals surface area contributed by atoms with Crippen molar-refractivity contribution in [3.05, 3.63) is 0 Å². The second-order valence-electron chi connectivity index (χ2n) is 6.51. The van der Waals surface area contributed by atoms with Crippen molar-refractivity contribution in [3.63, 3.8) is 0 Å². The van der Waals surface area contributed by atoms with Crippen LogP contribution in [-0.4, -0.2) is 61.2 Å². The highest BCUT2D eigenvalue weighted by Gasteiger charge is 2.45. The lowest BCUT2D eigenvalue weighted by atomic mass is 9.95. The van der Waals surface area contributed by atoms with Gasteiger partial charge in [-0.25, -0.2) is 0 Å². The van der Waals surface area contributed by atoms with Crippen molar-refractivity contribution in [3.8, 4) is 0 Å². The third kappa shape index (κ3) is 3.95. The van der Waals surface area contributed by atoms with E-state index in [1.165, 1.54) is 25.9 Å². The summed E-state index contributed by atoms with van der Waals surface area (Å²) in [5.41, 5.74) is 0.103. The zero-order valence-corrected chi connectivity index (χ0v) is 11.7. The van der Waals surface area contributed by atoms with Crippen molar-refractivity contribution in [2.45, 2.75) is 32.1 Å². The molecule has 0 bridgehead atoms. The molecule has 2 aliphatic rings. The van der Waals surface area contributed by atoms with Gasteiger partial charge in [0, 0.05) is 13.1 Å². The van der Waals surface area contributed by atoms with Gasteiger partial charge in [0.05, 0.1) is 6.42 Å². The predicted octanol–water partition coefficient (Wildman–Crippen LogP) is 1.51. The largest absolute Gasteiger partial charge is 0.481 e. The van der Waals surface area contributed by atoms with Crippen LogP contribution < -0.4 is 0 Å². The lowest BCUT2D eigenvalue weighted by Crippen LogP contribution is -2.37. The smallest absolute Gasteiger partial charge is 0.303 e. The van der Waals surface area contributed by atoms with Gasteiger partial charge in [0.1, 0.15) is 0 Å². The SMILES string of the molecule is CN1CCC(CN(C)CC2(CC(=O)O)CC2)CC1. The summed E-state index contributed by atoms with van der Waals surface area (Å²) in [7, 11) is 4.34. The summed E-state index contributed by atoms with van der Waals surface area (Å²) in [6.45, 7) is 4.51. The summed E-state index contributed by atoms with van der Waals surface area (Å²) in [6.07, 6.45) is 5.11. The van der Waals surface area contributed by atoms with Crippen LogP contribution in [-0.2, 0) is 4.79 Å². The van der Waals surface area contributed by atoms with Crippen molar-refractivity contribution >= 4 is 5.97 Å². The van der Waals surface area contributed by atoms with Gasteiger partial charge in [0.2, 0.25) is 0 Å². The maximum atomic E-state index is 10.8. The van der Waals surface area contributed by atoms with E-state index in [2.05, 4.69) is 23.9 Å². The van der Waals surface area contributed by atoms with Crippen LogP contribution in [0.4, 0.5) is 0 Å². The minimum Gasteiger partial charge on any atom is -0.481 e. The number of rotatable bonds is 6. The summed E-state index contributed by atoms with van der Waals surface area (Å²) in [4.78, 5) is 15.6. The molecule has 2 rings (SSSR count). The van der Waals surface area contributed by atoms with Gasteiger partial charge in [0.25, 0.3) is 0 Å². The number of carbonyl (C=O) groups is 1. The van der Waals surface area contributed by atoms with Crippen LogP contribution in [0.25, 0.3) is 0 Å². The molecule has 0 radical (unpaired) electrons. The quantitative estimate of drug-likeness (QED) is 0.780. The van der Waals surface area contributed by atoms with Gasteiger partial charge in [0.15, 0.2) is 0 Å². The Morgan fingerprint density at radius 3 is 2.50 bits per heavy atom. The lowest BCUT2D eigenvalue weighted by Gasteiger charge is -2.32. The molecule has 0 aromatic rings. The van der Waals surface area contributed by atoms with Crippen LogP contribution in [0.2, 0.25) is 0 Å². The highest BCUT2D eigenvalue weighted by Crippen LogP contribution is 2.49. The number of hydrogen-bond acceptors (Lipinski definition) is 3. The monoisotopic (exact) mass is 254 g/mol. The molecule has 0 unspecified atom stereocenters. The first-order valence-corrected chi connectivity index (χ1v) is 7.08. The zero-order valence-electron chi connectivity index (χ0n) is 11.7. The Kier molecular flexibility index (Phi) is 4.28. The Morgan fingerprint density at radius 1 is 1.39 bits per heavy atom. The molecule has 104 valence electrons. The molecule has 1 aliphatic heterocycles. The average molecular weight is 254 g/mol. The molecule has 0 aromatic heterocycles. The van der Waals surface area contributed by atoms with Crippen molar-refractivity contribution in [1.82, 2.24) is 9.80 Å². The lowest BCUT2D eigenvalue weighted by molar-refractivity contribution is -0.138. The van der Waals surface area contributed by atoms with E-state index in [-0.39, 0.29) is 5.41 Å². The summed E-state index contributed by atoms with van der Waals surface area (Å²) in [5.74, 6) is 0.159. The van der Waals surface area contributed by atoms with Crippen LogP contribution in [0.15, 0.2) is 0 Å². The Bertz CT molecular complexity index is 294. The summed E-state index contributed by atoms with van der Waals surface area (Å²) in [5, 5.41) is 8.93. The topological polar surface area (TPSA) is 43.8 Å². The number of carboxylic acid groups (broad SMARTS) is 1. The Hall–Kier alpha value is -0.610. The van der Waals surface area contributed by atoms with Crippen molar-refractivity contribution in [2.24, 2.45) is 11.3 Å². The normalized spacial score (nSPS) is 24.4. The molecule has 2 fully saturated rings. The van der Waals surface area contributed by atoms with Gasteiger partial charge in [-0.3, -0.25) is 4.79 Å². The molecule has 1 heterocycles. The standard InChI is InChI=1S/C14H26N2O2/c1-15-7-3-12(4-8-15)10-16(2)11-14(5-6-14)9-13(17)18/h12H,3-11H2,1-2H3,(H,17,18). The molecule has 0 aromatic carbocycles. The second-order valence-corrected chi connectivity index (χ2v) is 6.51. The van der Waals surface area contributed by atoms with E-state index in [0.29, 0.717) is 6.42 Å². The van der Waals surface area contributed by atoms with E-state index in [1.807, 2.05) is 0 Å². The number of nitrogens with zero attached hydrogens (tertiary/aromatic N) is 2. The predicted molar refractivity (Wildman–Crippen MR) is 71.6 cm³/mol. The molecule has 1 N–H and O–H groups in total. The third-order valence-corrected chi connectivity index (χ3v) is 4.50. The average Bonchev–Trinajstić information content (AvgIpc) is 3.00. The van der Waals surface area contributed by atoms with Crippen LogP contribution in [0, 0.1) is 11.3 Å². The summed E-state index contributed by atoms with van der Waals surface area (Å²) in [6, 6.07) is 0. The van der Waals surface area contributed by atoms with Crippen LogP contribution in [0.5, 0.6) is 0 Å². The van der Waals surface area contributed by atoms with Crippen LogP contribution in [0.3, 0.4) is 0 Å². The molecular formula is C14H26N2O2. The Morgan fingerprint density at radius 2 is 2.00 bits per heavy atom. The van der Waals surface area contributed by atoms with Crippen molar-refractivity contribution in [2.75, 3.05) is 40.3 Å². The van der Waals surface area contributed by atoms with Gasteiger partial charge in [-0.2, -0.15) is 0 Å². The van der Waals surface area contributed by atoms with Gasteiger partial charge in [-0.05, 0) is 64.2 Å². The van der Waals surface area contributed by atoms with E-state index in [9.17, 15) is 4.79 Å². The molecule has 1 saturated carbocycles. The van der Waals surface area contributed by atoms with Crippen LogP contribution in [0.1, 0.15) is 32.1 Å². The number of hydrogen-bond donors (Lipinski definition) is 1. The maximum Gasteiger partial charge on any atom is 0.303 e. The highest BCUT2D eigenvalue weighted by molar-refractivity contribution is 5.68. The first-order chi connectivity index (χ1) is 8.49. The fraction of sp³-hybridized carbons (Fsp3) is 0.929. The van der Waals surface area contributed by atoms with E-state index in [0.717, 1.165) is 31.8 Å². The molecule has 4 heteroatoms. The van der Waals surface area contributed by atoms with Gasteiger partial charge in [-0.1, -0.05) is 0 Å². The number of aliphatic carboxylic acids is 1. The second kappa shape index (κ2) is 5.57. The molecule has 4 nitrogen and oxygen atoms in total. The molecule has 0 amide bonds. The van der Waals surface area contributed by atoms with E-state index < -0.39 is 5.97 Å². The van der Waals surface area contributed by atoms with Crippen LogP contribution >= 0.6 is 0 Å². The number of piperidine rings is 1. The van der Waals surface area contributed by atoms with E-state index in [4.69, 9.17) is 5.11 Å². The molecule has 18 heavy (non-hydrogen) atoms. The molecule has 1 aliphatic carbocycles. The van der Waals surface area contributed by atoms with Crippen molar-refractivity contribution in [1.29, 1.82) is 0 Å².